The quantitative estimate of drug-likeness (QED) is 0.557. The molecule has 8 nitrogen and oxygen atoms in total. The van der Waals surface area contributed by atoms with Crippen molar-refractivity contribution in [3.8, 4) is 0 Å². The molecule has 1 aromatic carbocycles. The van der Waals surface area contributed by atoms with Crippen molar-refractivity contribution in [1.29, 1.82) is 0 Å². The third-order valence-electron chi connectivity index (χ3n) is 5.56. The zero-order chi connectivity index (χ0) is 24.6. The number of carbonyl (C=O) groups is 2. The molecule has 1 atom stereocenters. The predicted octanol–water partition coefficient (Wildman–Crippen LogP) is 4.71. The Bertz CT molecular complexity index is 1250. The van der Waals surface area contributed by atoms with Crippen molar-refractivity contribution in [3.63, 3.8) is 0 Å². The van der Waals surface area contributed by atoms with Gasteiger partial charge >= 0.3 is 6.18 Å². The summed E-state index contributed by atoms with van der Waals surface area (Å²) in [6.07, 6.45) is -2.65. The third-order valence-corrected chi connectivity index (χ3v) is 5.56. The number of amides is 2. The normalized spacial score (nSPS) is 16.3. The molecule has 0 bridgehead atoms. The maximum atomic E-state index is 13.8. The fourth-order valence-electron chi connectivity index (χ4n) is 3.84. The van der Waals surface area contributed by atoms with E-state index in [0.717, 1.165) is 18.6 Å². The molecule has 2 aromatic heterocycles. The molecule has 2 N–H and O–H groups in total. The summed E-state index contributed by atoms with van der Waals surface area (Å²) in [5.74, 6) is -1.23. The second-order valence-electron chi connectivity index (χ2n) is 8.42. The van der Waals surface area contributed by atoms with E-state index < -0.39 is 35.3 Å². The molecule has 1 fully saturated rings. The van der Waals surface area contributed by atoms with Gasteiger partial charge in [0, 0.05) is 23.7 Å². The summed E-state index contributed by atoms with van der Waals surface area (Å²) in [5, 5.41) is 9.66. The van der Waals surface area contributed by atoms with E-state index in [-0.39, 0.29) is 17.3 Å². The molecule has 34 heavy (non-hydrogen) atoms. The summed E-state index contributed by atoms with van der Waals surface area (Å²) < 4.78 is 48.3. The van der Waals surface area contributed by atoms with E-state index in [9.17, 15) is 22.8 Å². The number of nitrogens with one attached hydrogen (secondary N) is 2. The summed E-state index contributed by atoms with van der Waals surface area (Å²) >= 11 is 0. The van der Waals surface area contributed by atoms with Crippen LogP contribution in [0.5, 0.6) is 0 Å². The molecule has 0 spiro atoms. The van der Waals surface area contributed by atoms with Crippen LogP contribution in [0.4, 0.5) is 24.5 Å². The minimum absolute atomic E-state index is 0.0359. The van der Waals surface area contributed by atoms with Crippen molar-refractivity contribution < 1.29 is 27.5 Å². The van der Waals surface area contributed by atoms with E-state index in [4.69, 9.17) is 4.74 Å². The molecular formula is C23H24F3N5O3. The van der Waals surface area contributed by atoms with Crippen molar-refractivity contribution in [2.24, 2.45) is 0 Å². The molecule has 180 valence electrons. The average molecular weight is 475 g/mol. The van der Waals surface area contributed by atoms with Crippen molar-refractivity contribution >= 4 is 34.2 Å². The number of benzene rings is 1. The zero-order valence-corrected chi connectivity index (χ0v) is 18.9. The number of nitrogens with zero attached hydrogens (tertiary/aromatic N) is 3. The van der Waals surface area contributed by atoms with Gasteiger partial charge in [-0.15, -0.1) is 0 Å². The number of ether oxygens (including phenoxy) is 1. The van der Waals surface area contributed by atoms with Crippen LogP contribution in [0.15, 0.2) is 30.5 Å². The summed E-state index contributed by atoms with van der Waals surface area (Å²) in [6, 6.07) is 4.83. The van der Waals surface area contributed by atoms with Crippen LogP contribution in [-0.2, 0) is 15.7 Å². The van der Waals surface area contributed by atoms with Crippen LogP contribution < -0.4 is 10.6 Å². The second kappa shape index (κ2) is 9.05. The zero-order valence-electron chi connectivity index (χ0n) is 18.9. The topological polar surface area (TPSA) is 98.1 Å². The number of hydrogen-bond donors (Lipinski definition) is 2. The van der Waals surface area contributed by atoms with Crippen LogP contribution in [0, 0.1) is 6.92 Å². The number of carbonyl (C=O) groups excluding carboxylic acids is 2. The monoisotopic (exact) mass is 475 g/mol. The predicted molar refractivity (Wildman–Crippen MR) is 120 cm³/mol. The van der Waals surface area contributed by atoms with E-state index >= 15 is 0 Å². The fourth-order valence-corrected chi connectivity index (χ4v) is 3.84. The number of aryl methyl sites for hydroxylation is 1. The van der Waals surface area contributed by atoms with Crippen LogP contribution in [0.1, 0.15) is 54.3 Å². The van der Waals surface area contributed by atoms with Gasteiger partial charge in [-0.1, -0.05) is 0 Å². The summed E-state index contributed by atoms with van der Waals surface area (Å²) in [4.78, 5) is 29.5. The van der Waals surface area contributed by atoms with Crippen molar-refractivity contribution in [2.45, 2.75) is 51.9 Å². The lowest BCUT2D eigenvalue weighted by Gasteiger charge is -2.17. The minimum Gasteiger partial charge on any atom is -0.368 e. The van der Waals surface area contributed by atoms with Crippen molar-refractivity contribution in [2.75, 3.05) is 17.2 Å². The Morgan fingerprint density at radius 3 is 2.62 bits per heavy atom. The standard InChI is InChI=1S/C23H24F3N5O3/c1-12(2)31-20-14(11-27-31)9-16(13(3)28-20)21(32)30-18-7-6-15(10-17(18)23(24,25)26)29-22(33)19-5-4-8-34-19/h6-7,9-12,19H,4-5,8H2,1-3H3,(H,29,33)(H,30,32). The van der Waals surface area contributed by atoms with Gasteiger partial charge in [0.25, 0.3) is 11.8 Å². The van der Waals surface area contributed by atoms with Crippen LogP contribution >= 0.6 is 0 Å². The Hall–Kier alpha value is -3.47. The van der Waals surface area contributed by atoms with E-state index in [1.165, 1.54) is 6.07 Å². The van der Waals surface area contributed by atoms with Gasteiger partial charge < -0.3 is 15.4 Å². The van der Waals surface area contributed by atoms with Crippen LogP contribution in [0.25, 0.3) is 11.0 Å². The highest BCUT2D eigenvalue weighted by atomic mass is 19.4. The van der Waals surface area contributed by atoms with Gasteiger partial charge in [0.1, 0.15) is 6.10 Å². The van der Waals surface area contributed by atoms with Gasteiger partial charge in [0.15, 0.2) is 5.65 Å². The molecule has 1 saturated heterocycles. The number of anilines is 2. The van der Waals surface area contributed by atoms with E-state index in [2.05, 4.69) is 20.7 Å². The lowest BCUT2D eigenvalue weighted by molar-refractivity contribution is -0.137. The number of hydrogen-bond acceptors (Lipinski definition) is 5. The molecule has 3 aromatic rings. The molecule has 0 radical (unpaired) electrons. The SMILES string of the molecule is Cc1nc2c(cnn2C(C)C)cc1C(=O)Nc1ccc(NC(=O)C2CCCO2)cc1C(F)(F)F. The Morgan fingerprint density at radius 1 is 1.21 bits per heavy atom. The Labute approximate surface area is 193 Å². The van der Waals surface area contributed by atoms with Gasteiger partial charge in [-0.3, -0.25) is 9.59 Å². The number of aromatic nitrogens is 3. The molecule has 1 unspecified atom stereocenters. The number of halogens is 3. The summed E-state index contributed by atoms with van der Waals surface area (Å²) in [5.41, 5.74) is -0.450. The lowest BCUT2D eigenvalue weighted by Crippen LogP contribution is -2.27. The van der Waals surface area contributed by atoms with Crippen molar-refractivity contribution in [3.05, 3.63) is 47.3 Å². The maximum Gasteiger partial charge on any atom is 0.418 e. The maximum absolute atomic E-state index is 13.8. The van der Waals surface area contributed by atoms with Gasteiger partial charge in [-0.05, 0) is 57.9 Å². The first kappa shape index (κ1) is 23.7. The lowest BCUT2D eigenvalue weighted by atomic mass is 10.1. The average Bonchev–Trinajstić information content (AvgIpc) is 3.43. The second-order valence-corrected chi connectivity index (χ2v) is 8.42. The van der Waals surface area contributed by atoms with E-state index in [0.29, 0.717) is 29.8 Å². The summed E-state index contributed by atoms with van der Waals surface area (Å²) in [6.45, 7) is 5.93. The molecule has 0 saturated carbocycles. The van der Waals surface area contributed by atoms with E-state index in [1.54, 1.807) is 23.9 Å². The molecule has 4 rings (SSSR count). The van der Waals surface area contributed by atoms with Crippen molar-refractivity contribution in [1.82, 2.24) is 14.8 Å². The first-order valence-corrected chi connectivity index (χ1v) is 10.8. The number of pyridine rings is 1. The fraction of sp³-hybridized carbons (Fsp3) is 0.391. The van der Waals surface area contributed by atoms with Gasteiger partial charge in [0.05, 0.1) is 28.7 Å². The molecule has 0 aliphatic carbocycles. The number of fused-ring (bicyclic) bond motifs is 1. The Morgan fingerprint density at radius 2 is 1.97 bits per heavy atom. The van der Waals surface area contributed by atoms with Crippen LogP contribution in [0.3, 0.4) is 0 Å². The molecule has 3 heterocycles. The molecule has 1 aliphatic heterocycles. The Balaban J connectivity index is 1.60. The van der Waals surface area contributed by atoms with Gasteiger partial charge in [0.2, 0.25) is 0 Å². The molecule has 2 amide bonds. The number of rotatable bonds is 5. The van der Waals surface area contributed by atoms with Gasteiger partial charge in [-0.25, -0.2) is 9.67 Å². The highest BCUT2D eigenvalue weighted by molar-refractivity contribution is 6.07. The smallest absolute Gasteiger partial charge is 0.368 e. The minimum atomic E-state index is -4.76. The van der Waals surface area contributed by atoms with Crippen LogP contribution in [-0.4, -0.2) is 39.3 Å². The molecule has 11 heteroatoms. The first-order chi connectivity index (χ1) is 16.0. The highest BCUT2D eigenvalue weighted by Gasteiger charge is 2.35. The highest BCUT2D eigenvalue weighted by Crippen LogP contribution is 2.37. The van der Waals surface area contributed by atoms with Gasteiger partial charge in [-0.2, -0.15) is 18.3 Å². The molecule has 1 aliphatic rings. The molecular weight excluding hydrogens is 451 g/mol. The Kier molecular flexibility index (Phi) is 6.30. The van der Waals surface area contributed by atoms with Crippen LogP contribution in [0.2, 0.25) is 0 Å². The first-order valence-electron chi connectivity index (χ1n) is 10.8. The third kappa shape index (κ3) is 4.74. The number of alkyl halides is 3. The largest absolute Gasteiger partial charge is 0.418 e. The summed E-state index contributed by atoms with van der Waals surface area (Å²) in [7, 11) is 0. The van der Waals surface area contributed by atoms with E-state index in [1.807, 2.05) is 13.8 Å².